The summed E-state index contributed by atoms with van der Waals surface area (Å²) >= 11 is 4.59. The van der Waals surface area contributed by atoms with Crippen molar-refractivity contribution in [1.82, 2.24) is 9.97 Å². The highest BCUT2D eigenvalue weighted by Gasteiger charge is 2.22. The summed E-state index contributed by atoms with van der Waals surface area (Å²) in [7, 11) is 1.30. The maximum absolute atomic E-state index is 11.4. The first-order valence-electron chi connectivity index (χ1n) is 4.29. The number of carbonyl (C=O) groups excluding carboxylic acids is 1. The van der Waals surface area contributed by atoms with E-state index in [1.807, 2.05) is 0 Å². The molecule has 0 unspecified atom stereocenters. The van der Waals surface area contributed by atoms with E-state index in [0.29, 0.717) is 21.3 Å². The molecule has 2 rings (SSSR count). The second kappa shape index (κ2) is 4.34. The first-order valence-corrected chi connectivity index (χ1v) is 5.96. The summed E-state index contributed by atoms with van der Waals surface area (Å²) in [5.74, 6) is 0.222. The number of methoxy groups -OCH3 is 1. The van der Waals surface area contributed by atoms with Gasteiger partial charge < -0.3 is 9.15 Å². The fourth-order valence-electron chi connectivity index (χ4n) is 1.17. The van der Waals surface area contributed by atoms with E-state index in [2.05, 4.69) is 30.6 Å². The van der Waals surface area contributed by atoms with Crippen LogP contribution in [0.4, 0.5) is 0 Å². The number of nitrogens with zero attached hydrogens (tertiary/aromatic N) is 2. The Bertz CT molecular complexity index is 535. The predicted molar refractivity (Wildman–Crippen MR) is 61.4 cm³/mol. The molecule has 84 valence electrons. The Labute approximate surface area is 104 Å². The van der Waals surface area contributed by atoms with Gasteiger partial charge in [-0.25, -0.2) is 14.8 Å². The molecule has 0 aliphatic carbocycles. The molecular formula is C9H7BrN2O3S. The van der Waals surface area contributed by atoms with Crippen LogP contribution < -0.4 is 0 Å². The van der Waals surface area contributed by atoms with Crippen LogP contribution >= 0.6 is 27.3 Å². The highest BCUT2D eigenvalue weighted by Crippen LogP contribution is 2.29. The second-order valence-electron chi connectivity index (χ2n) is 2.88. The molecule has 0 N–H and O–H groups in total. The maximum atomic E-state index is 11.4. The van der Waals surface area contributed by atoms with Crippen molar-refractivity contribution in [2.24, 2.45) is 0 Å². The minimum atomic E-state index is -0.529. The van der Waals surface area contributed by atoms with Crippen LogP contribution in [0.5, 0.6) is 0 Å². The van der Waals surface area contributed by atoms with Crippen LogP contribution in [0.25, 0.3) is 10.8 Å². The van der Waals surface area contributed by atoms with Gasteiger partial charge in [-0.1, -0.05) is 0 Å². The summed E-state index contributed by atoms with van der Waals surface area (Å²) in [6, 6.07) is 0. The number of aromatic nitrogens is 2. The molecule has 0 aliphatic rings. The van der Waals surface area contributed by atoms with Gasteiger partial charge in [-0.3, -0.25) is 0 Å². The van der Waals surface area contributed by atoms with Crippen molar-refractivity contribution in [2.45, 2.75) is 6.92 Å². The van der Waals surface area contributed by atoms with E-state index in [1.54, 1.807) is 12.3 Å². The zero-order valence-electron chi connectivity index (χ0n) is 8.48. The lowest BCUT2D eigenvalue weighted by Crippen LogP contribution is -2.03. The summed E-state index contributed by atoms with van der Waals surface area (Å²) < 4.78 is 10.7. The second-order valence-corrected chi connectivity index (χ2v) is 4.55. The summed E-state index contributed by atoms with van der Waals surface area (Å²) in [5.41, 5.74) is 0.154. The number of ether oxygens (including phenoxy) is 1. The molecule has 0 saturated heterocycles. The van der Waals surface area contributed by atoms with Gasteiger partial charge in [0.2, 0.25) is 0 Å². The van der Waals surface area contributed by atoms with Gasteiger partial charge in [0.15, 0.2) is 22.4 Å². The van der Waals surface area contributed by atoms with Crippen LogP contribution in [-0.2, 0) is 4.74 Å². The molecule has 0 aromatic carbocycles. The zero-order valence-corrected chi connectivity index (χ0v) is 10.9. The Kier molecular flexibility index (Phi) is 3.06. The summed E-state index contributed by atoms with van der Waals surface area (Å²) in [6.45, 7) is 1.67. The third kappa shape index (κ3) is 2.00. The van der Waals surface area contributed by atoms with Crippen LogP contribution in [0.2, 0.25) is 0 Å². The number of hydrogen-bond acceptors (Lipinski definition) is 6. The lowest BCUT2D eigenvalue weighted by Gasteiger charge is -1.94. The van der Waals surface area contributed by atoms with E-state index in [1.165, 1.54) is 18.4 Å². The van der Waals surface area contributed by atoms with Crippen molar-refractivity contribution in [1.29, 1.82) is 0 Å². The van der Waals surface area contributed by atoms with Gasteiger partial charge in [0, 0.05) is 12.3 Å². The number of aryl methyl sites for hydroxylation is 1. The topological polar surface area (TPSA) is 65.2 Å². The lowest BCUT2D eigenvalue weighted by atomic mass is 10.3. The highest BCUT2D eigenvalue weighted by molar-refractivity contribution is 9.10. The number of thiazole rings is 1. The molecule has 7 heteroatoms. The molecule has 0 aliphatic heterocycles. The van der Waals surface area contributed by atoms with Crippen LogP contribution in [0.3, 0.4) is 0 Å². The summed E-state index contributed by atoms with van der Waals surface area (Å²) in [4.78, 5) is 19.6. The van der Waals surface area contributed by atoms with Crippen molar-refractivity contribution >= 4 is 33.2 Å². The van der Waals surface area contributed by atoms with Crippen molar-refractivity contribution in [2.75, 3.05) is 7.11 Å². The average molecular weight is 303 g/mol. The fourth-order valence-corrected chi connectivity index (χ4v) is 2.40. The molecule has 0 radical (unpaired) electrons. The maximum Gasteiger partial charge on any atom is 0.360 e. The van der Waals surface area contributed by atoms with Gasteiger partial charge in [-0.15, -0.1) is 11.3 Å². The third-order valence-corrected chi connectivity index (χ3v) is 3.33. The molecule has 0 atom stereocenters. The number of carbonyl (C=O) groups is 1. The number of esters is 1. The summed E-state index contributed by atoms with van der Waals surface area (Å²) in [5, 5.41) is 2.39. The fraction of sp³-hybridized carbons (Fsp3) is 0.222. The molecular weight excluding hydrogens is 296 g/mol. The van der Waals surface area contributed by atoms with E-state index >= 15 is 0 Å². The van der Waals surface area contributed by atoms with E-state index in [-0.39, 0.29) is 5.69 Å². The lowest BCUT2D eigenvalue weighted by molar-refractivity contribution is 0.0595. The molecule has 0 fully saturated rings. The highest BCUT2D eigenvalue weighted by atomic mass is 79.9. The van der Waals surface area contributed by atoms with Crippen molar-refractivity contribution in [3.63, 3.8) is 0 Å². The quantitative estimate of drug-likeness (QED) is 0.798. The minimum Gasteiger partial charge on any atom is -0.464 e. The van der Waals surface area contributed by atoms with Gasteiger partial charge in [-0.2, -0.15) is 0 Å². The zero-order chi connectivity index (χ0) is 11.7. The van der Waals surface area contributed by atoms with Gasteiger partial charge in [-0.05, 0) is 15.9 Å². The Morgan fingerprint density at radius 3 is 2.88 bits per heavy atom. The summed E-state index contributed by atoms with van der Waals surface area (Å²) in [6.07, 6.45) is 0. The smallest absolute Gasteiger partial charge is 0.360 e. The first-order chi connectivity index (χ1) is 7.61. The van der Waals surface area contributed by atoms with Crippen LogP contribution in [0.15, 0.2) is 14.4 Å². The minimum absolute atomic E-state index is 0.154. The number of rotatable bonds is 2. The largest absolute Gasteiger partial charge is 0.464 e. The molecule has 0 spiro atoms. The Morgan fingerprint density at radius 1 is 1.56 bits per heavy atom. The first kappa shape index (κ1) is 11.3. The van der Waals surface area contributed by atoms with Crippen molar-refractivity contribution in [3.05, 3.63) is 21.6 Å². The Hall–Kier alpha value is -1.21. The van der Waals surface area contributed by atoms with E-state index in [9.17, 15) is 4.79 Å². The van der Waals surface area contributed by atoms with Crippen molar-refractivity contribution in [3.8, 4) is 10.8 Å². The average Bonchev–Trinajstić information content (AvgIpc) is 2.83. The van der Waals surface area contributed by atoms with E-state index < -0.39 is 5.97 Å². The molecule has 2 heterocycles. The van der Waals surface area contributed by atoms with E-state index in [0.717, 1.165) is 0 Å². The Balaban J connectivity index is 2.52. The van der Waals surface area contributed by atoms with Gasteiger partial charge in [0.25, 0.3) is 0 Å². The molecule has 2 aromatic rings. The molecule has 5 nitrogen and oxygen atoms in total. The third-order valence-electron chi connectivity index (χ3n) is 1.78. The predicted octanol–water partition coefficient (Wildman–Crippen LogP) is 2.66. The molecule has 0 amide bonds. The van der Waals surface area contributed by atoms with Crippen molar-refractivity contribution < 1.29 is 13.9 Å². The van der Waals surface area contributed by atoms with E-state index in [4.69, 9.17) is 4.42 Å². The van der Waals surface area contributed by atoms with Crippen LogP contribution in [0, 0.1) is 6.92 Å². The number of halogens is 1. The Morgan fingerprint density at radius 2 is 2.31 bits per heavy atom. The normalized spacial score (nSPS) is 10.4. The monoisotopic (exact) mass is 302 g/mol. The number of hydrogen-bond donors (Lipinski definition) is 0. The van der Waals surface area contributed by atoms with Crippen LogP contribution in [0.1, 0.15) is 16.4 Å². The van der Waals surface area contributed by atoms with Crippen LogP contribution in [-0.4, -0.2) is 23.0 Å². The molecule has 2 aromatic heterocycles. The molecule has 0 saturated carbocycles. The molecule has 0 bridgehead atoms. The number of oxazole rings is 1. The standard InChI is InChI=1S/C9H7BrN2O3S/c1-4-11-6(9(13)14-2)7(15-4)8-12-5(10)3-16-8/h3H,1-2H3. The van der Waals surface area contributed by atoms with Gasteiger partial charge >= 0.3 is 5.97 Å². The molecule has 16 heavy (non-hydrogen) atoms. The van der Waals surface area contributed by atoms with Gasteiger partial charge in [0.1, 0.15) is 4.60 Å². The van der Waals surface area contributed by atoms with Gasteiger partial charge in [0.05, 0.1) is 7.11 Å². The SMILES string of the molecule is COC(=O)c1nc(C)oc1-c1nc(Br)cs1.